The Morgan fingerprint density at radius 1 is 1.13 bits per heavy atom. The number of alkyl carbamates (subject to hydrolysis) is 1. The molecular weight excluding hydrogens is 420 g/mol. The van der Waals surface area contributed by atoms with Gasteiger partial charge in [0.15, 0.2) is 0 Å². The zero-order valence-corrected chi connectivity index (χ0v) is 17.6. The van der Waals surface area contributed by atoms with Crippen LogP contribution in [0.1, 0.15) is 21.9 Å². The second-order valence-corrected chi connectivity index (χ2v) is 8.84. The molecule has 0 fully saturated rings. The summed E-state index contributed by atoms with van der Waals surface area (Å²) >= 11 is 2.95. The molecule has 0 aliphatic heterocycles. The van der Waals surface area contributed by atoms with E-state index in [4.69, 9.17) is 4.74 Å². The number of carboxylic acids is 1. The van der Waals surface area contributed by atoms with E-state index in [-0.39, 0.29) is 18.3 Å². The fourth-order valence-electron chi connectivity index (χ4n) is 3.55. The van der Waals surface area contributed by atoms with Crippen LogP contribution < -0.4 is 5.32 Å². The third-order valence-corrected chi connectivity index (χ3v) is 6.99. The van der Waals surface area contributed by atoms with E-state index in [0.29, 0.717) is 5.75 Å². The molecule has 0 saturated heterocycles. The molecule has 1 aliphatic rings. The monoisotopic (exact) mass is 440 g/mol. The number of hydrogen-bond donors (Lipinski definition) is 2. The van der Waals surface area contributed by atoms with Crippen molar-refractivity contribution in [3.05, 3.63) is 76.2 Å². The fourth-order valence-corrected chi connectivity index (χ4v) is 5.30. The van der Waals surface area contributed by atoms with Crippen LogP contribution in [0.4, 0.5) is 4.79 Å². The fraction of sp³-hybridized carbons (Fsp3) is 0.227. The van der Waals surface area contributed by atoms with Crippen molar-refractivity contribution in [1.29, 1.82) is 0 Å². The number of nitrogens with one attached hydrogen (secondary N) is 1. The molecule has 2 aromatic carbocycles. The molecule has 1 aromatic heterocycles. The Kier molecular flexibility index (Phi) is 6.35. The molecule has 3 aromatic rings. The van der Waals surface area contributed by atoms with E-state index in [1.54, 1.807) is 11.7 Å². The molecule has 154 valence electrons. The summed E-state index contributed by atoms with van der Waals surface area (Å²) in [7, 11) is 0. The standard InChI is InChI=1S/C22H20N2O4S2/c25-21(26)20(12-29-11-14-9-23-13-30-14)24-22(27)28-10-19-17-7-3-1-5-15(17)16-6-2-4-8-18(16)19/h1-9,13,19-20H,10-12H2,(H,24,27)(H,25,26). The average molecular weight is 441 g/mol. The van der Waals surface area contributed by atoms with Gasteiger partial charge in [0.25, 0.3) is 0 Å². The van der Waals surface area contributed by atoms with Crippen molar-refractivity contribution in [3.63, 3.8) is 0 Å². The van der Waals surface area contributed by atoms with Crippen LogP contribution in [0.3, 0.4) is 0 Å². The Morgan fingerprint density at radius 2 is 1.80 bits per heavy atom. The van der Waals surface area contributed by atoms with Crippen LogP contribution in [0.2, 0.25) is 0 Å². The van der Waals surface area contributed by atoms with Crippen LogP contribution in [0.15, 0.2) is 60.2 Å². The first kappa shape index (κ1) is 20.4. The van der Waals surface area contributed by atoms with Gasteiger partial charge in [0, 0.05) is 28.5 Å². The Labute approximate surface area is 182 Å². The minimum absolute atomic E-state index is 0.0628. The maximum absolute atomic E-state index is 12.3. The van der Waals surface area contributed by atoms with Gasteiger partial charge in [0.05, 0.1) is 5.51 Å². The first-order chi connectivity index (χ1) is 14.6. The highest BCUT2D eigenvalue weighted by molar-refractivity contribution is 7.98. The van der Waals surface area contributed by atoms with Gasteiger partial charge < -0.3 is 15.2 Å². The number of aliphatic carboxylic acids is 1. The number of amides is 1. The number of hydrogen-bond acceptors (Lipinski definition) is 6. The SMILES string of the molecule is O=C(NC(CSCc1cncs1)C(=O)O)OCC1c2ccccc2-c2ccccc21. The van der Waals surface area contributed by atoms with E-state index in [0.717, 1.165) is 27.1 Å². The van der Waals surface area contributed by atoms with E-state index in [2.05, 4.69) is 22.4 Å². The predicted molar refractivity (Wildman–Crippen MR) is 118 cm³/mol. The molecule has 0 bridgehead atoms. The topological polar surface area (TPSA) is 88.5 Å². The highest BCUT2D eigenvalue weighted by Crippen LogP contribution is 2.44. The molecule has 0 saturated carbocycles. The molecule has 1 unspecified atom stereocenters. The second-order valence-electron chi connectivity index (χ2n) is 6.84. The zero-order valence-electron chi connectivity index (χ0n) is 16.0. The van der Waals surface area contributed by atoms with Crippen LogP contribution in [-0.2, 0) is 15.3 Å². The molecule has 30 heavy (non-hydrogen) atoms. The van der Waals surface area contributed by atoms with Crippen molar-refractivity contribution in [1.82, 2.24) is 10.3 Å². The van der Waals surface area contributed by atoms with Crippen LogP contribution >= 0.6 is 23.1 Å². The highest BCUT2D eigenvalue weighted by atomic mass is 32.2. The van der Waals surface area contributed by atoms with Crippen molar-refractivity contribution in [2.45, 2.75) is 17.7 Å². The van der Waals surface area contributed by atoms with Crippen LogP contribution in [0.25, 0.3) is 11.1 Å². The van der Waals surface area contributed by atoms with E-state index >= 15 is 0 Å². The predicted octanol–water partition coefficient (Wildman–Crippen LogP) is 4.37. The number of carbonyl (C=O) groups is 2. The number of carbonyl (C=O) groups excluding carboxylic acids is 1. The number of fused-ring (bicyclic) bond motifs is 3. The van der Waals surface area contributed by atoms with Crippen LogP contribution in [0.5, 0.6) is 0 Å². The van der Waals surface area contributed by atoms with Crippen LogP contribution in [-0.4, -0.2) is 40.6 Å². The molecule has 1 amide bonds. The maximum atomic E-state index is 12.3. The second kappa shape index (κ2) is 9.32. The third-order valence-electron chi connectivity index (χ3n) is 4.95. The van der Waals surface area contributed by atoms with E-state index in [9.17, 15) is 14.7 Å². The Morgan fingerprint density at radius 3 is 2.40 bits per heavy atom. The van der Waals surface area contributed by atoms with Gasteiger partial charge in [-0.25, -0.2) is 9.59 Å². The molecule has 1 aliphatic carbocycles. The minimum Gasteiger partial charge on any atom is -0.480 e. The normalized spacial score (nSPS) is 13.3. The summed E-state index contributed by atoms with van der Waals surface area (Å²) in [5, 5.41) is 11.9. The average Bonchev–Trinajstić information content (AvgIpc) is 3.38. The summed E-state index contributed by atoms with van der Waals surface area (Å²) in [6.45, 7) is 0.153. The molecule has 4 rings (SSSR count). The summed E-state index contributed by atoms with van der Waals surface area (Å²) < 4.78 is 5.44. The lowest BCUT2D eigenvalue weighted by atomic mass is 9.98. The lowest BCUT2D eigenvalue weighted by molar-refractivity contribution is -0.138. The molecular formula is C22H20N2O4S2. The number of rotatable bonds is 8. The number of nitrogens with zero attached hydrogens (tertiary/aromatic N) is 1. The Bertz CT molecular complexity index is 994. The van der Waals surface area contributed by atoms with Gasteiger partial charge in [-0.2, -0.15) is 11.8 Å². The molecule has 1 atom stereocenters. The van der Waals surface area contributed by atoms with E-state index in [1.807, 2.05) is 36.4 Å². The van der Waals surface area contributed by atoms with Gasteiger partial charge in [-0.15, -0.1) is 11.3 Å². The van der Waals surface area contributed by atoms with Crippen molar-refractivity contribution < 1.29 is 19.4 Å². The molecule has 0 spiro atoms. The van der Waals surface area contributed by atoms with Crippen LogP contribution in [0, 0.1) is 0 Å². The molecule has 8 heteroatoms. The van der Waals surface area contributed by atoms with Gasteiger partial charge in [-0.3, -0.25) is 4.98 Å². The summed E-state index contributed by atoms with van der Waals surface area (Å²) in [5.74, 6) is -0.245. The van der Waals surface area contributed by atoms with Crippen molar-refractivity contribution in [3.8, 4) is 11.1 Å². The first-order valence-corrected chi connectivity index (χ1v) is 11.5. The first-order valence-electron chi connectivity index (χ1n) is 9.43. The number of aromatic nitrogens is 1. The lowest BCUT2D eigenvalue weighted by Gasteiger charge is -2.17. The van der Waals surface area contributed by atoms with Crippen molar-refractivity contribution in [2.24, 2.45) is 0 Å². The molecule has 0 radical (unpaired) electrons. The largest absolute Gasteiger partial charge is 0.480 e. The Hall–Kier alpha value is -2.84. The number of carboxylic acid groups (broad SMARTS) is 1. The molecule has 1 heterocycles. The summed E-state index contributed by atoms with van der Waals surface area (Å²) in [6, 6.07) is 15.1. The van der Waals surface area contributed by atoms with E-state index in [1.165, 1.54) is 23.1 Å². The zero-order chi connectivity index (χ0) is 20.9. The van der Waals surface area contributed by atoms with Crippen molar-refractivity contribution >= 4 is 35.2 Å². The number of thioether (sulfide) groups is 1. The van der Waals surface area contributed by atoms with Gasteiger partial charge >= 0.3 is 12.1 Å². The smallest absolute Gasteiger partial charge is 0.407 e. The van der Waals surface area contributed by atoms with E-state index < -0.39 is 18.1 Å². The summed E-state index contributed by atoms with van der Waals surface area (Å²) in [4.78, 5) is 28.9. The molecule has 2 N–H and O–H groups in total. The lowest BCUT2D eigenvalue weighted by Crippen LogP contribution is -2.43. The van der Waals surface area contributed by atoms with Gasteiger partial charge in [0.2, 0.25) is 0 Å². The number of ether oxygens (including phenoxy) is 1. The summed E-state index contributed by atoms with van der Waals surface area (Å²) in [6.07, 6.45) is 1.04. The summed E-state index contributed by atoms with van der Waals surface area (Å²) in [5.41, 5.74) is 6.25. The highest BCUT2D eigenvalue weighted by Gasteiger charge is 2.29. The minimum atomic E-state index is -1.08. The molecule has 6 nitrogen and oxygen atoms in total. The number of thiazole rings is 1. The van der Waals surface area contributed by atoms with Gasteiger partial charge in [-0.1, -0.05) is 48.5 Å². The van der Waals surface area contributed by atoms with Gasteiger partial charge in [-0.05, 0) is 22.3 Å². The third kappa shape index (κ3) is 4.49. The quantitative estimate of drug-likeness (QED) is 0.541. The Balaban J connectivity index is 1.35. The maximum Gasteiger partial charge on any atom is 0.407 e. The van der Waals surface area contributed by atoms with Gasteiger partial charge in [0.1, 0.15) is 12.6 Å². The van der Waals surface area contributed by atoms with Crippen molar-refractivity contribution in [2.75, 3.05) is 12.4 Å². The number of benzene rings is 2.